The van der Waals surface area contributed by atoms with E-state index in [0.717, 1.165) is 14.7 Å². The van der Waals surface area contributed by atoms with E-state index in [9.17, 15) is 140 Å². The molecule has 0 aliphatic carbocycles. The number of nitrogens with one attached hydrogen (secondary N) is 2. The highest BCUT2D eigenvalue weighted by atomic mass is 16.6. The molecule has 9 unspecified atom stereocenters. The van der Waals surface area contributed by atoms with Gasteiger partial charge in [0.25, 0.3) is 23.6 Å². The molecule has 6 amide bonds. The first-order chi connectivity index (χ1) is 45.6. The minimum atomic E-state index is -2.14. The maximum atomic E-state index is 13.2. The third-order valence-electron chi connectivity index (χ3n) is 12.8. The maximum Gasteiger partial charge on any atom is 0.317 e. The zero-order chi connectivity index (χ0) is 74.1. The van der Waals surface area contributed by atoms with Gasteiger partial charge in [-0.25, -0.2) is 0 Å². The molecule has 97 heavy (non-hydrogen) atoms. The summed E-state index contributed by atoms with van der Waals surface area (Å²) in [4.78, 5) is 138. The maximum absolute atomic E-state index is 13.2. The van der Waals surface area contributed by atoms with Crippen molar-refractivity contribution in [2.24, 2.45) is 20.6 Å². The Morgan fingerprint density at radius 1 is 0.320 bits per heavy atom. The van der Waals surface area contributed by atoms with E-state index in [-0.39, 0.29) is 13.1 Å². The number of amides is 6. The number of nitrogens with zero attached hydrogens (tertiary/aromatic N) is 9. The van der Waals surface area contributed by atoms with Crippen LogP contribution in [0.5, 0.6) is 0 Å². The summed E-state index contributed by atoms with van der Waals surface area (Å²) in [6.07, 6.45) is -30.9. The highest BCUT2D eigenvalue weighted by molar-refractivity contribution is 5.97. The molecule has 0 saturated carbocycles. The van der Waals surface area contributed by atoms with Gasteiger partial charge in [0.2, 0.25) is 11.8 Å². The van der Waals surface area contributed by atoms with Crippen molar-refractivity contribution in [1.29, 1.82) is 0 Å². The number of hydrogen-bond donors (Lipinski definition) is 25. The van der Waals surface area contributed by atoms with Gasteiger partial charge < -0.3 is 147 Å². The lowest BCUT2D eigenvalue weighted by atomic mass is 10.0. The van der Waals surface area contributed by atoms with Crippen molar-refractivity contribution in [3.63, 3.8) is 0 Å². The molecule has 47 nitrogen and oxygen atoms in total. The van der Waals surface area contributed by atoms with E-state index in [1.54, 1.807) is 0 Å². The van der Waals surface area contributed by atoms with Crippen molar-refractivity contribution in [3.05, 3.63) is 0 Å². The van der Waals surface area contributed by atoms with Crippen LogP contribution in [0.15, 0.2) is 20.6 Å². The number of aliphatic hydroxyl groups is 20. The van der Waals surface area contributed by atoms with Crippen LogP contribution in [0.25, 0.3) is 0 Å². The Morgan fingerprint density at radius 3 is 0.753 bits per heavy atom. The summed E-state index contributed by atoms with van der Waals surface area (Å²) in [5.74, 6) is -11.4. The first kappa shape index (κ1) is 89.6. The second kappa shape index (κ2) is 49.2. The summed E-state index contributed by atoms with van der Waals surface area (Å²) >= 11 is 0. The van der Waals surface area contributed by atoms with Crippen molar-refractivity contribution in [3.8, 4) is 0 Å². The Kier molecular flexibility index (Phi) is 45.4. The molecule has 0 fully saturated rings. The molecule has 0 aliphatic heterocycles. The number of carboxylic acid groups (broad SMARTS) is 3. The molecule has 558 valence electrons. The van der Waals surface area contributed by atoms with Crippen molar-refractivity contribution >= 4 is 78.2 Å². The Balaban J connectivity index is 6.24. The van der Waals surface area contributed by atoms with Crippen LogP contribution in [0, 0.1) is 0 Å². The third-order valence-corrected chi connectivity index (χ3v) is 12.8. The number of hydrogen-bond acceptors (Lipinski definition) is 40. The number of carboxylic acids is 3. The second-order valence-electron chi connectivity index (χ2n) is 20.5. The van der Waals surface area contributed by atoms with E-state index in [1.807, 2.05) is 0 Å². The van der Waals surface area contributed by atoms with Crippen molar-refractivity contribution in [1.82, 2.24) is 35.1 Å². The van der Waals surface area contributed by atoms with Crippen LogP contribution in [-0.4, -0.2) is 456 Å². The number of rotatable bonds is 54. The fraction of sp³-hybridized carbons (Fsp3) is 0.740. The van der Waals surface area contributed by atoms with Gasteiger partial charge in [-0.2, -0.15) is 0 Å². The lowest BCUT2D eigenvalue weighted by Gasteiger charge is -2.28. The van der Waals surface area contributed by atoms with E-state index in [1.165, 1.54) is 0 Å². The lowest BCUT2D eigenvalue weighted by molar-refractivity contribution is -0.152. The van der Waals surface area contributed by atoms with Gasteiger partial charge in [0.15, 0.2) is 26.4 Å². The molecule has 0 aromatic heterocycles. The van der Waals surface area contributed by atoms with Gasteiger partial charge in [0, 0.05) is 52.4 Å². The van der Waals surface area contributed by atoms with Gasteiger partial charge in [0.1, 0.15) is 97.7 Å². The van der Waals surface area contributed by atoms with Crippen LogP contribution in [0.4, 0.5) is 0 Å². The monoisotopic (exact) mass is 1420 g/mol. The number of aliphatic hydroxyl groups excluding tert-OH is 20. The minimum Gasteiger partial charge on any atom is -0.480 e. The molecular weight excluding hydrogens is 1330 g/mol. The molecule has 0 saturated heterocycles. The van der Waals surface area contributed by atoms with Crippen molar-refractivity contribution in [2.45, 2.75) is 97.7 Å². The van der Waals surface area contributed by atoms with E-state index < -0.39 is 276 Å². The molecule has 47 heteroatoms. The van der Waals surface area contributed by atoms with Gasteiger partial charge in [-0.3, -0.25) is 67.7 Å². The summed E-state index contributed by atoms with van der Waals surface area (Å²) in [6, 6.07) is 0. The number of carbonyl (C=O) groups is 9. The van der Waals surface area contributed by atoms with E-state index in [4.69, 9.17) is 39.8 Å². The van der Waals surface area contributed by atoms with Crippen molar-refractivity contribution in [2.75, 3.05) is 138 Å². The van der Waals surface area contributed by atoms with Gasteiger partial charge in [-0.1, -0.05) is 20.6 Å². The van der Waals surface area contributed by atoms with Crippen LogP contribution in [0.3, 0.4) is 0 Å². The first-order valence-corrected chi connectivity index (χ1v) is 28.6. The molecule has 16 atom stereocenters. The molecule has 0 aliphatic rings. The molecule has 25 N–H and O–H groups in total. The van der Waals surface area contributed by atoms with Crippen LogP contribution in [-0.2, 0) is 62.5 Å². The second-order valence-corrected chi connectivity index (χ2v) is 20.5. The first-order valence-electron chi connectivity index (χ1n) is 28.6. The molecule has 0 radical (unpaired) electrons. The Hall–Kier alpha value is -7.41. The fourth-order valence-electron chi connectivity index (χ4n) is 7.35. The number of imide groups is 2. The Labute approximate surface area is 548 Å². The normalized spacial score (nSPS) is 17.1. The van der Waals surface area contributed by atoms with E-state index in [2.05, 4.69) is 31.3 Å². The van der Waals surface area contributed by atoms with Crippen LogP contribution >= 0.6 is 0 Å². The van der Waals surface area contributed by atoms with Gasteiger partial charge in [-0.05, 0) is 0 Å². The van der Waals surface area contributed by atoms with Crippen LogP contribution in [0.2, 0.25) is 0 Å². The summed E-state index contributed by atoms with van der Waals surface area (Å²) in [5, 5.41) is 239. The predicted molar refractivity (Wildman–Crippen MR) is 314 cm³/mol. The lowest BCUT2D eigenvalue weighted by Crippen LogP contribution is -2.49. The number of oxime groups is 4. The summed E-state index contributed by atoms with van der Waals surface area (Å²) in [5.41, 5.74) is 0. The summed E-state index contributed by atoms with van der Waals surface area (Å²) in [6.45, 7) is -16.9. The van der Waals surface area contributed by atoms with Crippen LogP contribution < -0.4 is 10.6 Å². The van der Waals surface area contributed by atoms with E-state index >= 15 is 0 Å². The average Bonchev–Trinajstić information content (AvgIpc) is 1.88. The fourth-order valence-corrected chi connectivity index (χ4v) is 7.35. The molecule has 0 spiro atoms. The SMILES string of the molecule is O=C(O)CN(CCN(CC(=O)O)CC(=O)NCCN(C(=O)CO/N=C/C(O)[C@@H](O)[C@H](O)C(O)CO)C(=O)CO/N=C/C(O)[C@@H](O)[C@@H](O)C(O)CO)CCN(CC(=O)O)CC(=O)NCCN(C(=O)CO/N=C/C(O)C(O)[C@H](O)C(O)CO)C(=O)CO/N=C/[C@H](O)C(O)[C@H](O)C(O)CO. The highest BCUT2D eigenvalue weighted by Crippen LogP contribution is 2.09. The molecule has 0 aromatic rings. The number of carbonyl (C=O) groups excluding carboxylic acids is 6. The largest absolute Gasteiger partial charge is 0.480 e. The van der Waals surface area contributed by atoms with Gasteiger partial charge >= 0.3 is 17.9 Å². The minimum absolute atomic E-state index is 0.354. The topological polar surface area (TPSA) is 746 Å². The van der Waals surface area contributed by atoms with Crippen molar-refractivity contribution < 1.29 is 180 Å². The predicted octanol–water partition coefficient (Wildman–Crippen LogP) is -18.2. The Bertz CT molecular complexity index is 2230. The standard InChI is InChI=1S/C50H87N11O36/c62-18-30(70)47(90)43(86)26(66)9-53-94-22-36(76)60(37(77)23-95-54-10-27(67)44(87)48(91)31(71)19-63)3-1-51-34(74)13-58(16-41(82)83)7-5-57(15-40(80)81)6-8-59(17-42(84)85)14-35(75)52-2-4-61(38(78)24-96-55-11-28(68)45(88)49(92)32(72)20-64)39(79)25-97-56-12-29(69)46(89)50(93)33(73)21-65/h9-12,26-33,43-50,62-73,86-93H,1-8,13-25H2,(H,51,74)(H,52,75)(H,80,81)(H,82,83)(H,84,85)/b53-9+,54-10+,55-11+,56-12+/t26-,27?,28?,29?,30?,31?,32?,33?,43?,44?,45+,46+,47+,48+,49-,50+/m0/s1. The van der Waals surface area contributed by atoms with Gasteiger partial charge in [0.05, 0.1) is 84.0 Å². The third kappa shape index (κ3) is 36.7. The van der Waals surface area contributed by atoms with Gasteiger partial charge in [-0.15, -0.1) is 0 Å². The number of aliphatic carboxylic acids is 3. The molecule has 0 aromatic carbocycles. The summed E-state index contributed by atoms with van der Waals surface area (Å²) in [7, 11) is 0. The molecule has 0 rings (SSSR count). The summed E-state index contributed by atoms with van der Waals surface area (Å²) < 4.78 is 0. The zero-order valence-corrected chi connectivity index (χ0v) is 51.5. The molecule has 0 heterocycles. The van der Waals surface area contributed by atoms with E-state index in [0.29, 0.717) is 34.7 Å². The highest BCUT2D eigenvalue weighted by Gasteiger charge is 2.34. The van der Waals surface area contributed by atoms with Crippen LogP contribution in [0.1, 0.15) is 0 Å². The molecule has 0 bridgehead atoms. The Morgan fingerprint density at radius 2 is 0.536 bits per heavy atom. The average molecular weight is 1420 g/mol. The zero-order valence-electron chi connectivity index (χ0n) is 51.5. The quantitative estimate of drug-likeness (QED) is 0.0199. The smallest absolute Gasteiger partial charge is 0.317 e. The molecular formula is C50H87N11O36.